The van der Waals surface area contributed by atoms with E-state index in [1.54, 1.807) is 0 Å². The summed E-state index contributed by atoms with van der Waals surface area (Å²) >= 11 is 5.80. The molecule has 0 bridgehead atoms. The molecule has 2 nitrogen and oxygen atoms in total. The fraction of sp³-hybridized carbons (Fsp3) is 0.462. The fourth-order valence-electron chi connectivity index (χ4n) is 1.37. The summed E-state index contributed by atoms with van der Waals surface area (Å²) in [5, 5.41) is 2.95. The number of hydrogen-bond acceptors (Lipinski definition) is 1. The second-order valence-electron chi connectivity index (χ2n) is 4.12. The first-order chi connectivity index (χ1) is 7.50. The van der Waals surface area contributed by atoms with Gasteiger partial charge >= 0.3 is 0 Å². The Morgan fingerprint density at radius 2 is 2.06 bits per heavy atom. The van der Waals surface area contributed by atoms with Gasteiger partial charge in [0, 0.05) is 17.5 Å². The highest BCUT2D eigenvalue weighted by Gasteiger charge is 2.06. The molecule has 0 spiro atoms. The van der Waals surface area contributed by atoms with Gasteiger partial charge in [0.15, 0.2) is 0 Å². The van der Waals surface area contributed by atoms with Gasteiger partial charge in [-0.1, -0.05) is 6.07 Å². The molecule has 0 saturated carbocycles. The van der Waals surface area contributed by atoms with Crippen molar-refractivity contribution >= 4 is 17.5 Å². The van der Waals surface area contributed by atoms with Crippen molar-refractivity contribution in [3.8, 4) is 0 Å². The first kappa shape index (κ1) is 13.0. The van der Waals surface area contributed by atoms with Crippen molar-refractivity contribution in [1.29, 1.82) is 0 Å². The topological polar surface area (TPSA) is 29.1 Å². The standard InChI is InChI=1S/C13H18ClNO/c1-9-4-5-12(8-10(9)2)13(16)15-7-6-11(3)14/h4-5,8,11H,6-7H2,1-3H3,(H,15,16). The number of carbonyl (C=O) groups excluding carboxylic acids is 1. The highest BCUT2D eigenvalue weighted by atomic mass is 35.5. The molecular weight excluding hydrogens is 222 g/mol. The van der Waals surface area contributed by atoms with Crippen LogP contribution in [0, 0.1) is 13.8 Å². The van der Waals surface area contributed by atoms with E-state index in [1.807, 2.05) is 39.0 Å². The molecule has 1 aromatic rings. The van der Waals surface area contributed by atoms with Crippen molar-refractivity contribution in [2.24, 2.45) is 0 Å². The number of alkyl halides is 1. The van der Waals surface area contributed by atoms with Crippen molar-refractivity contribution in [3.05, 3.63) is 34.9 Å². The smallest absolute Gasteiger partial charge is 0.251 e. The summed E-state index contributed by atoms with van der Waals surface area (Å²) in [6, 6.07) is 5.73. The summed E-state index contributed by atoms with van der Waals surface area (Å²) in [6.45, 7) is 6.58. The first-order valence-electron chi connectivity index (χ1n) is 5.50. The van der Waals surface area contributed by atoms with E-state index < -0.39 is 0 Å². The van der Waals surface area contributed by atoms with Crippen molar-refractivity contribution in [2.45, 2.75) is 32.6 Å². The number of aryl methyl sites for hydroxylation is 2. The SMILES string of the molecule is Cc1ccc(C(=O)NCCC(C)Cl)cc1C. The largest absolute Gasteiger partial charge is 0.352 e. The molecule has 16 heavy (non-hydrogen) atoms. The second kappa shape index (κ2) is 5.90. The summed E-state index contributed by atoms with van der Waals surface area (Å²) in [5.74, 6) is -0.0274. The summed E-state index contributed by atoms with van der Waals surface area (Å²) in [6.07, 6.45) is 0.790. The number of amides is 1. The monoisotopic (exact) mass is 239 g/mol. The number of benzene rings is 1. The van der Waals surface area contributed by atoms with E-state index in [9.17, 15) is 4.79 Å². The molecular formula is C13H18ClNO. The van der Waals surface area contributed by atoms with Crippen LogP contribution in [-0.4, -0.2) is 17.8 Å². The average Bonchev–Trinajstić information content (AvgIpc) is 2.21. The third kappa shape index (κ3) is 3.86. The van der Waals surface area contributed by atoms with Gasteiger partial charge in [-0.25, -0.2) is 0 Å². The zero-order valence-electron chi connectivity index (χ0n) is 10.0. The number of halogens is 1. The van der Waals surface area contributed by atoms with Gasteiger partial charge in [-0.05, 0) is 50.5 Å². The molecule has 1 aromatic carbocycles. The van der Waals surface area contributed by atoms with E-state index in [0.717, 1.165) is 12.0 Å². The molecule has 88 valence electrons. The molecule has 1 atom stereocenters. The minimum atomic E-state index is -0.0274. The summed E-state index contributed by atoms with van der Waals surface area (Å²) in [4.78, 5) is 11.7. The van der Waals surface area contributed by atoms with E-state index in [2.05, 4.69) is 5.32 Å². The van der Waals surface area contributed by atoms with Crippen molar-refractivity contribution in [1.82, 2.24) is 5.32 Å². The minimum Gasteiger partial charge on any atom is -0.352 e. The number of rotatable bonds is 4. The van der Waals surface area contributed by atoms with Gasteiger partial charge in [-0.15, -0.1) is 11.6 Å². The zero-order chi connectivity index (χ0) is 12.1. The maximum absolute atomic E-state index is 11.7. The maximum Gasteiger partial charge on any atom is 0.251 e. The lowest BCUT2D eigenvalue weighted by atomic mass is 10.1. The van der Waals surface area contributed by atoms with Crippen molar-refractivity contribution in [3.63, 3.8) is 0 Å². The molecule has 1 N–H and O–H groups in total. The molecule has 1 rings (SSSR count). The van der Waals surface area contributed by atoms with E-state index >= 15 is 0 Å². The minimum absolute atomic E-state index is 0.0274. The molecule has 0 heterocycles. The van der Waals surface area contributed by atoms with Crippen LogP contribution >= 0.6 is 11.6 Å². The van der Waals surface area contributed by atoms with Gasteiger partial charge in [-0.2, -0.15) is 0 Å². The van der Waals surface area contributed by atoms with Gasteiger partial charge < -0.3 is 5.32 Å². The fourth-order valence-corrected chi connectivity index (χ4v) is 1.48. The van der Waals surface area contributed by atoms with Gasteiger partial charge in [0.1, 0.15) is 0 Å². The molecule has 0 aliphatic carbocycles. The Hall–Kier alpha value is -1.02. The Bertz CT molecular complexity index is 374. The summed E-state index contributed by atoms with van der Waals surface area (Å²) < 4.78 is 0. The second-order valence-corrected chi connectivity index (χ2v) is 4.87. The summed E-state index contributed by atoms with van der Waals surface area (Å²) in [7, 11) is 0. The van der Waals surface area contributed by atoms with Gasteiger partial charge in [0.05, 0.1) is 0 Å². The zero-order valence-corrected chi connectivity index (χ0v) is 10.8. The van der Waals surface area contributed by atoms with Gasteiger partial charge in [-0.3, -0.25) is 4.79 Å². The van der Waals surface area contributed by atoms with E-state index in [1.165, 1.54) is 5.56 Å². The van der Waals surface area contributed by atoms with Crippen LogP contribution in [0.15, 0.2) is 18.2 Å². The van der Waals surface area contributed by atoms with Crippen LogP contribution < -0.4 is 5.32 Å². The molecule has 3 heteroatoms. The predicted octanol–water partition coefficient (Wildman–Crippen LogP) is 3.05. The highest BCUT2D eigenvalue weighted by molar-refractivity contribution is 6.20. The Morgan fingerprint density at radius 3 is 2.62 bits per heavy atom. The molecule has 0 aliphatic rings. The first-order valence-corrected chi connectivity index (χ1v) is 5.94. The van der Waals surface area contributed by atoms with Crippen molar-refractivity contribution in [2.75, 3.05) is 6.54 Å². The molecule has 0 saturated heterocycles. The third-order valence-electron chi connectivity index (χ3n) is 2.60. The molecule has 0 fully saturated rings. The lowest BCUT2D eigenvalue weighted by Gasteiger charge is -2.07. The van der Waals surface area contributed by atoms with Crippen LogP contribution in [0.25, 0.3) is 0 Å². The highest BCUT2D eigenvalue weighted by Crippen LogP contribution is 2.09. The van der Waals surface area contributed by atoms with E-state index in [4.69, 9.17) is 11.6 Å². The van der Waals surface area contributed by atoms with Crippen LogP contribution in [0.3, 0.4) is 0 Å². The lowest BCUT2D eigenvalue weighted by molar-refractivity contribution is 0.0953. The number of nitrogens with one attached hydrogen (secondary N) is 1. The molecule has 0 radical (unpaired) electrons. The lowest BCUT2D eigenvalue weighted by Crippen LogP contribution is -2.25. The predicted molar refractivity (Wildman–Crippen MR) is 68.2 cm³/mol. The van der Waals surface area contributed by atoms with Gasteiger partial charge in [0.25, 0.3) is 5.91 Å². The molecule has 0 aromatic heterocycles. The number of carbonyl (C=O) groups is 1. The molecule has 0 aliphatic heterocycles. The van der Waals surface area contributed by atoms with Crippen molar-refractivity contribution < 1.29 is 4.79 Å². The van der Waals surface area contributed by atoms with E-state index in [-0.39, 0.29) is 11.3 Å². The molecule has 1 unspecified atom stereocenters. The average molecular weight is 240 g/mol. The Labute approximate surface area is 102 Å². The van der Waals surface area contributed by atoms with Crippen LogP contribution in [0.5, 0.6) is 0 Å². The van der Waals surface area contributed by atoms with Crippen LogP contribution in [0.2, 0.25) is 0 Å². The number of hydrogen-bond donors (Lipinski definition) is 1. The van der Waals surface area contributed by atoms with E-state index in [0.29, 0.717) is 12.1 Å². The normalized spacial score (nSPS) is 12.2. The van der Waals surface area contributed by atoms with Crippen LogP contribution in [0.1, 0.15) is 34.8 Å². The molecule has 1 amide bonds. The van der Waals surface area contributed by atoms with Gasteiger partial charge in [0.2, 0.25) is 0 Å². The van der Waals surface area contributed by atoms with Crippen LogP contribution in [-0.2, 0) is 0 Å². The summed E-state index contributed by atoms with van der Waals surface area (Å²) in [5.41, 5.74) is 3.05. The Morgan fingerprint density at radius 1 is 1.38 bits per heavy atom. The third-order valence-corrected chi connectivity index (χ3v) is 2.81. The maximum atomic E-state index is 11.7. The van der Waals surface area contributed by atoms with Crippen LogP contribution in [0.4, 0.5) is 0 Å². The quantitative estimate of drug-likeness (QED) is 0.804. The Balaban J connectivity index is 2.56. The Kier molecular flexibility index (Phi) is 4.81.